The summed E-state index contributed by atoms with van der Waals surface area (Å²) in [6.07, 6.45) is -2.93. The molecule has 1 unspecified atom stereocenters. The highest BCUT2D eigenvalue weighted by atomic mass is 19.3. The van der Waals surface area contributed by atoms with Crippen LogP contribution in [-0.4, -0.2) is 18.6 Å². The van der Waals surface area contributed by atoms with Crippen LogP contribution in [0.25, 0.3) is 0 Å². The second-order valence-corrected chi connectivity index (χ2v) is 2.25. The molecule has 9 heavy (non-hydrogen) atoms. The van der Waals surface area contributed by atoms with Gasteiger partial charge in [-0.2, -0.15) is 0 Å². The maximum Gasteiger partial charge on any atom is 0.256 e. The molecule has 0 saturated heterocycles. The molecule has 1 nitrogen and oxygen atoms in total. The van der Waals surface area contributed by atoms with E-state index in [0.29, 0.717) is 0 Å². The molecule has 4 heteroatoms. The van der Waals surface area contributed by atoms with Gasteiger partial charge in [0.1, 0.15) is 0 Å². The Morgan fingerprint density at radius 3 is 2.11 bits per heavy atom. The van der Waals surface area contributed by atoms with Crippen LogP contribution in [0.2, 0.25) is 0 Å². The van der Waals surface area contributed by atoms with Crippen molar-refractivity contribution in [2.75, 3.05) is 6.67 Å². The molecule has 0 radical (unpaired) electrons. The molecule has 0 fully saturated rings. The number of nitrogens with two attached hydrogens (primary N) is 1. The fraction of sp³-hybridized carbons (Fsp3) is 1.00. The minimum absolute atomic E-state index is 0.287. The van der Waals surface area contributed by atoms with Gasteiger partial charge in [-0.05, 0) is 13.3 Å². The first-order valence-electron chi connectivity index (χ1n) is 2.63. The quantitative estimate of drug-likeness (QED) is 0.630. The molecule has 0 aliphatic carbocycles. The lowest BCUT2D eigenvalue weighted by atomic mass is 10.0. The van der Waals surface area contributed by atoms with Crippen molar-refractivity contribution >= 4 is 0 Å². The summed E-state index contributed by atoms with van der Waals surface area (Å²) in [5.41, 5.74) is 3.32. The zero-order valence-corrected chi connectivity index (χ0v) is 5.20. The largest absolute Gasteiger partial charge is 0.321 e. The minimum atomic E-state index is -2.65. The van der Waals surface area contributed by atoms with Crippen molar-refractivity contribution in [2.24, 2.45) is 5.73 Å². The Labute approximate surface area is 52.0 Å². The summed E-state index contributed by atoms with van der Waals surface area (Å²) in [5.74, 6) is 0. The van der Waals surface area contributed by atoms with Crippen LogP contribution in [-0.2, 0) is 0 Å². The Bertz CT molecular complexity index is 82.3. The van der Waals surface area contributed by atoms with Gasteiger partial charge in [-0.1, -0.05) is 0 Å². The van der Waals surface area contributed by atoms with Crippen molar-refractivity contribution in [3.8, 4) is 0 Å². The summed E-state index contributed by atoms with van der Waals surface area (Å²) in [5, 5.41) is 0. The molecule has 2 N–H and O–H groups in total. The molecule has 0 aliphatic heterocycles. The van der Waals surface area contributed by atoms with Crippen LogP contribution in [0.3, 0.4) is 0 Å². The van der Waals surface area contributed by atoms with Crippen molar-refractivity contribution in [3.05, 3.63) is 0 Å². The molecular formula is C5H10F3N. The normalized spacial score (nSPS) is 18.0. The molecule has 0 aromatic rings. The van der Waals surface area contributed by atoms with Crippen molar-refractivity contribution in [3.63, 3.8) is 0 Å². The van der Waals surface area contributed by atoms with Gasteiger partial charge in [0.25, 0.3) is 6.43 Å². The van der Waals surface area contributed by atoms with Gasteiger partial charge in [-0.15, -0.1) is 0 Å². The maximum absolute atomic E-state index is 11.7. The highest BCUT2D eigenvalue weighted by molar-refractivity contribution is 4.80. The van der Waals surface area contributed by atoms with Crippen molar-refractivity contribution in [1.29, 1.82) is 0 Å². The topological polar surface area (TPSA) is 26.0 Å². The van der Waals surface area contributed by atoms with Gasteiger partial charge in [0.15, 0.2) is 0 Å². The van der Waals surface area contributed by atoms with Gasteiger partial charge in [0.2, 0.25) is 0 Å². The summed E-state index contributed by atoms with van der Waals surface area (Å²) in [4.78, 5) is 0. The molecule has 0 aromatic heterocycles. The first kappa shape index (κ1) is 8.75. The highest BCUT2D eigenvalue weighted by Crippen LogP contribution is 2.15. The van der Waals surface area contributed by atoms with E-state index in [2.05, 4.69) is 0 Å². The standard InChI is InChI=1S/C5H10F3N/c1-5(9,2-3-6)4(7)8/h4H,2-3,9H2,1H3. The fourth-order valence-electron chi connectivity index (χ4n) is 0.313. The zero-order valence-electron chi connectivity index (χ0n) is 5.20. The lowest BCUT2D eigenvalue weighted by Crippen LogP contribution is -2.44. The third-order valence-corrected chi connectivity index (χ3v) is 1.13. The Hall–Kier alpha value is -0.250. The van der Waals surface area contributed by atoms with E-state index in [1.807, 2.05) is 0 Å². The third kappa shape index (κ3) is 2.70. The minimum Gasteiger partial charge on any atom is -0.321 e. The summed E-state index contributed by atoms with van der Waals surface area (Å²) in [7, 11) is 0. The van der Waals surface area contributed by atoms with Crippen LogP contribution in [0.4, 0.5) is 13.2 Å². The zero-order chi connectivity index (χ0) is 7.49. The number of rotatable bonds is 3. The fourth-order valence-corrected chi connectivity index (χ4v) is 0.313. The Balaban J connectivity index is 3.70. The van der Waals surface area contributed by atoms with Crippen molar-refractivity contribution in [1.82, 2.24) is 0 Å². The third-order valence-electron chi connectivity index (χ3n) is 1.13. The number of alkyl halides is 3. The van der Waals surface area contributed by atoms with E-state index in [4.69, 9.17) is 5.73 Å². The van der Waals surface area contributed by atoms with Gasteiger partial charge >= 0.3 is 0 Å². The molecule has 0 rings (SSSR count). The van der Waals surface area contributed by atoms with Crippen molar-refractivity contribution in [2.45, 2.75) is 25.3 Å². The SMILES string of the molecule is CC(N)(CCF)C(F)F. The maximum atomic E-state index is 11.7. The van der Waals surface area contributed by atoms with Crippen molar-refractivity contribution < 1.29 is 13.2 Å². The molecule has 0 aliphatic rings. The highest BCUT2D eigenvalue weighted by Gasteiger charge is 2.29. The average Bonchev–Trinajstić information content (AvgIpc) is 1.65. The van der Waals surface area contributed by atoms with E-state index in [1.54, 1.807) is 0 Å². The molecule has 0 amide bonds. The van der Waals surface area contributed by atoms with Gasteiger partial charge in [0, 0.05) is 0 Å². The van der Waals surface area contributed by atoms with E-state index in [0.717, 1.165) is 6.92 Å². The molecule has 0 heterocycles. The van der Waals surface area contributed by atoms with Gasteiger partial charge in [-0.25, -0.2) is 8.78 Å². The molecular weight excluding hydrogens is 131 g/mol. The number of halogens is 3. The molecule has 56 valence electrons. The molecule has 0 bridgehead atoms. The number of hydrogen-bond acceptors (Lipinski definition) is 1. The lowest BCUT2D eigenvalue weighted by molar-refractivity contribution is 0.0550. The van der Waals surface area contributed by atoms with Crippen LogP contribution in [0.1, 0.15) is 13.3 Å². The first-order chi connectivity index (χ1) is 4.00. The van der Waals surface area contributed by atoms with E-state index in [9.17, 15) is 13.2 Å². The average molecular weight is 141 g/mol. The first-order valence-corrected chi connectivity index (χ1v) is 2.63. The van der Waals surface area contributed by atoms with E-state index in [1.165, 1.54) is 0 Å². The second-order valence-electron chi connectivity index (χ2n) is 2.25. The Morgan fingerprint density at radius 1 is 1.56 bits per heavy atom. The summed E-state index contributed by atoms with van der Waals surface area (Å²) < 4.78 is 34.9. The van der Waals surface area contributed by atoms with Crippen LogP contribution in [0.15, 0.2) is 0 Å². The smallest absolute Gasteiger partial charge is 0.256 e. The molecule has 1 atom stereocenters. The van der Waals surface area contributed by atoms with Gasteiger partial charge in [-0.3, -0.25) is 4.39 Å². The second kappa shape index (κ2) is 3.06. The van der Waals surface area contributed by atoms with Crippen LogP contribution >= 0.6 is 0 Å². The number of hydrogen-bond donors (Lipinski definition) is 1. The summed E-state index contributed by atoms with van der Waals surface area (Å²) in [6, 6.07) is 0. The Kier molecular flexibility index (Phi) is 2.97. The molecule has 0 spiro atoms. The Morgan fingerprint density at radius 2 is 2.00 bits per heavy atom. The predicted octanol–water partition coefficient (Wildman–Crippen LogP) is 1.33. The summed E-state index contributed by atoms with van der Waals surface area (Å²) >= 11 is 0. The summed E-state index contributed by atoms with van der Waals surface area (Å²) in [6.45, 7) is 0.342. The van der Waals surface area contributed by atoms with Gasteiger partial charge < -0.3 is 5.73 Å². The van der Waals surface area contributed by atoms with E-state index >= 15 is 0 Å². The monoisotopic (exact) mass is 141 g/mol. The molecule has 0 aromatic carbocycles. The predicted molar refractivity (Wildman–Crippen MR) is 29.2 cm³/mol. The van der Waals surface area contributed by atoms with Crippen LogP contribution < -0.4 is 5.73 Å². The van der Waals surface area contributed by atoms with Gasteiger partial charge in [0.05, 0.1) is 12.2 Å². The van der Waals surface area contributed by atoms with E-state index < -0.39 is 18.6 Å². The van der Waals surface area contributed by atoms with Crippen LogP contribution in [0, 0.1) is 0 Å². The lowest BCUT2D eigenvalue weighted by Gasteiger charge is -2.21. The van der Waals surface area contributed by atoms with E-state index in [-0.39, 0.29) is 6.42 Å². The molecule has 0 saturated carbocycles. The van der Waals surface area contributed by atoms with Crippen LogP contribution in [0.5, 0.6) is 0 Å².